The molecule has 0 atom stereocenters. The Morgan fingerprint density at radius 1 is 1.28 bits per heavy atom. The van der Waals surface area contributed by atoms with Gasteiger partial charge in [-0.1, -0.05) is 12.1 Å². The van der Waals surface area contributed by atoms with E-state index in [9.17, 15) is 4.79 Å². The molecule has 0 spiro atoms. The van der Waals surface area contributed by atoms with E-state index < -0.39 is 0 Å². The van der Waals surface area contributed by atoms with E-state index in [-0.39, 0.29) is 5.91 Å². The van der Waals surface area contributed by atoms with Gasteiger partial charge >= 0.3 is 0 Å². The highest BCUT2D eigenvalue weighted by atomic mass is 16.1. The Labute approximate surface area is 106 Å². The van der Waals surface area contributed by atoms with Gasteiger partial charge in [0, 0.05) is 11.9 Å². The maximum absolute atomic E-state index is 12.1. The number of nitrogens with zero attached hydrogens (tertiary/aromatic N) is 1. The molecule has 18 heavy (non-hydrogen) atoms. The van der Waals surface area contributed by atoms with E-state index in [1.807, 2.05) is 38.1 Å². The molecule has 0 saturated carbocycles. The summed E-state index contributed by atoms with van der Waals surface area (Å²) in [7, 11) is 0. The van der Waals surface area contributed by atoms with Gasteiger partial charge in [-0.3, -0.25) is 4.79 Å². The van der Waals surface area contributed by atoms with E-state index in [2.05, 4.69) is 10.3 Å². The van der Waals surface area contributed by atoms with Gasteiger partial charge in [-0.05, 0) is 43.2 Å². The minimum absolute atomic E-state index is 0.241. The highest BCUT2D eigenvalue weighted by molar-refractivity contribution is 6.07. The number of nitrogen functional groups attached to an aromatic ring is 1. The quantitative estimate of drug-likeness (QED) is 0.794. The minimum atomic E-state index is -0.241. The Hall–Kier alpha value is -2.36. The van der Waals surface area contributed by atoms with Crippen LogP contribution in [0.3, 0.4) is 0 Å². The van der Waals surface area contributed by atoms with Crippen LogP contribution in [0.2, 0.25) is 0 Å². The Bertz CT molecular complexity index is 593. The SMILES string of the molecule is Cc1ccnc(NC(=O)c2cccc(C)c2N)c1. The molecule has 1 aromatic carbocycles. The van der Waals surface area contributed by atoms with Gasteiger partial charge in [0.05, 0.1) is 5.56 Å². The molecule has 2 aromatic rings. The van der Waals surface area contributed by atoms with Crippen LogP contribution in [0, 0.1) is 13.8 Å². The number of anilines is 2. The van der Waals surface area contributed by atoms with Crippen LogP contribution < -0.4 is 11.1 Å². The van der Waals surface area contributed by atoms with E-state index in [0.717, 1.165) is 11.1 Å². The highest BCUT2D eigenvalue weighted by Gasteiger charge is 2.11. The fourth-order valence-electron chi connectivity index (χ4n) is 1.67. The molecule has 1 heterocycles. The second kappa shape index (κ2) is 4.87. The third kappa shape index (κ3) is 2.48. The summed E-state index contributed by atoms with van der Waals surface area (Å²) in [6, 6.07) is 9.06. The lowest BCUT2D eigenvalue weighted by Gasteiger charge is -2.08. The smallest absolute Gasteiger partial charge is 0.258 e. The van der Waals surface area contributed by atoms with Crippen molar-refractivity contribution in [3.63, 3.8) is 0 Å². The number of amides is 1. The Kier molecular flexibility index (Phi) is 3.28. The van der Waals surface area contributed by atoms with Gasteiger partial charge in [0.25, 0.3) is 5.91 Å². The Balaban J connectivity index is 2.25. The molecular formula is C14H15N3O. The first-order chi connectivity index (χ1) is 8.58. The summed E-state index contributed by atoms with van der Waals surface area (Å²) in [4.78, 5) is 16.2. The van der Waals surface area contributed by atoms with Gasteiger partial charge in [-0.15, -0.1) is 0 Å². The molecule has 0 fully saturated rings. The lowest BCUT2D eigenvalue weighted by atomic mass is 10.1. The maximum atomic E-state index is 12.1. The summed E-state index contributed by atoms with van der Waals surface area (Å²) < 4.78 is 0. The monoisotopic (exact) mass is 241 g/mol. The molecular weight excluding hydrogens is 226 g/mol. The minimum Gasteiger partial charge on any atom is -0.398 e. The number of nitrogens with one attached hydrogen (secondary N) is 1. The van der Waals surface area contributed by atoms with Crippen molar-refractivity contribution in [1.82, 2.24) is 4.98 Å². The van der Waals surface area contributed by atoms with Crippen LogP contribution in [0.15, 0.2) is 36.5 Å². The summed E-state index contributed by atoms with van der Waals surface area (Å²) in [5.74, 6) is 0.287. The zero-order valence-corrected chi connectivity index (χ0v) is 10.4. The number of carbonyl (C=O) groups is 1. The molecule has 2 rings (SSSR count). The summed E-state index contributed by atoms with van der Waals surface area (Å²) in [6.07, 6.45) is 1.66. The average Bonchev–Trinajstić information content (AvgIpc) is 2.32. The van der Waals surface area contributed by atoms with Crippen molar-refractivity contribution < 1.29 is 4.79 Å². The van der Waals surface area contributed by atoms with Gasteiger partial charge in [-0.25, -0.2) is 4.98 Å². The molecule has 92 valence electrons. The number of pyridine rings is 1. The summed E-state index contributed by atoms with van der Waals surface area (Å²) in [6.45, 7) is 3.81. The number of hydrogen-bond acceptors (Lipinski definition) is 3. The van der Waals surface area contributed by atoms with Crippen molar-refractivity contribution in [2.75, 3.05) is 11.1 Å². The predicted molar refractivity (Wildman–Crippen MR) is 72.5 cm³/mol. The van der Waals surface area contributed by atoms with Crippen LogP contribution in [0.1, 0.15) is 21.5 Å². The fourth-order valence-corrected chi connectivity index (χ4v) is 1.67. The molecule has 0 aliphatic carbocycles. The van der Waals surface area contributed by atoms with E-state index in [1.54, 1.807) is 12.3 Å². The fraction of sp³-hybridized carbons (Fsp3) is 0.143. The number of nitrogens with two attached hydrogens (primary N) is 1. The molecule has 0 saturated heterocycles. The van der Waals surface area contributed by atoms with E-state index >= 15 is 0 Å². The van der Waals surface area contributed by atoms with Crippen molar-refractivity contribution in [2.45, 2.75) is 13.8 Å². The maximum Gasteiger partial charge on any atom is 0.258 e. The topological polar surface area (TPSA) is 68.0 Å². The number of aryl methyl sites for hydroxylation is 2. The van der Waals surface area contributed by atoms with Crippen molar-refractivity contribution >= 4 is 17.4 Å². The molecule has 1 amide bonds. The molecule has 1 aromatic heterocycles. The largest absolute Gasteiger partial charge is 0.398 e. The van der Waals surface area contributed by atoms with Crippen LogP contribution in [-0.2, 0) is 0 Å². The number of rotatable bonds is 2. The molecule has 4 heteroatoms. The highest BCUT2D eigenvalue weighted by Crippen LogP contribution is 2.17. The van der Waals surface area contributed by atoms with Gasteiger partial charge in [0.15, 0.2) is 0 Å². The second-order valence-corrected chi connectivity index (χ2v) is 4.21. The first kappa shape index (κ1) is 12.1. The van der Waals surface area contributed by atoms with Gasteiger partial charge in [0.2, 0.25) is 0 Å². The summed E-state index contributed by atoms with van der Waals surface area (Å²) >= 11 is 0. The van der Waals surface area contributed by atoms with Crippen molar-refractivity contribution in [3.05, 3.63) is 53.2 Å². The van der Waals surface area contributed by atoms with Crippen LogP contribution in [0.4, 0.5) is 11.5 Å². The van der Waals surface area contributed by atoms with Crippen LogP contribution in [0.25, 0.3) is 0 Å². The third-order valence-electron chi connectivity index (χ3n) is 2.73. The van der Waals surface area contributed by atoms with Crippen molar-refractivity contribution in [3.8, 4) is 0 Å². The lowest BCUT2D eigenvalue weighted by molar-refractivity contribution is 0.102. The number of carbonyl (C=O) groups excluding carboxylic acids is 1. The van der Waals surface area contributed by atoms with Crippen LogP contribution >= 0.6 is 0 Å². The number of para-hydroxylation sites is 1. The van der Waals surface area contributed by atoms with Crippen molar-refractivity contribution in [1.29, 1.82) is 0 Å². The molecule has 3 N–H and O–H groups in total. The van der Waals surface area contributed by atoms with E-state index in [1.165, 1.54) is 0 Å². The second-order valence-electron chi connectivity index (χ2n) is 4.21. The molecule has 0 radical (unpaired) electrons. The van der Waals surface area contributed by atoms with Crippen molar-refractivity contribution in [2.24, 2.45) is 0 Å². The lowest BCUT2D eigenvalue weighted by Crippen LogP contribution is -2.15. The van der Waals surface area contributed by atoms with Gasteiger partial charge in [0.1, 0.15) is 5.82 Å². The molecule has 0 bridgehead atoms. The molecule has 0 aliphatic heterocycles. The summed E-state index contributed by atoms with van der Waals surface area (Å²) in [5, 5.41) is 2.74. The molecule has 0 unspecified atom stereocenters. The zero-order chi connectivity index (χ0) is 13.1. The van der Waals surface area contributed by atoms with Gasteiger partial charge < -0.3 is 11.1 Å². The number of aromatic nitrogens is 1. The first-order valence-electron chi connectivity index (χ1n) is 5.67. The Morgan fingerprint density at radius 3 is 2.78 bits per heavy atom. The molecule has 0 aliphatic rings. The standard InChI is InChI=1S/C14H15N3O/c1-9-6-7-16-12(8-9)17-14(18)11-5-3-4-10(2)13(11)15/h3-8H,15H2,1-2H3,(H,16,17,18). The van der Waals surface area contributed by atoms with Crippen LogP contribution in [-0.4, -0.2) is 10.9 Å². The number of hydrogen-bond donors (Lipinski definition) is 2. The van der Waals surface area contributed by atoms with Gasteiger partial charge in [-0.2, -0.15) is 0 Å². The van der Waals surface area contributed by atoms with E-state index in [4.69, 9.17) is 5.73 Å². The number of benzene rings is 1. The zero-order valence-electron chi connectivity index (χ0n) is 10.4. The summed E-state index contributed by atoms with van der Waals surface area (Å²) in [5.41, 5.74) is 8.79. The van der Waals surface area contributed by atoms with E-state index in [0.29, 0.717) is 17.1 Å². The normalized spacial score (nSPS) is 10.1. The molecule has 4 nitrogen and oxygen atoms in total. The third-order valence-corrected chi connectivity index (χ3v) is 2.73. The Morgan fingerprint density at radius 2 is 2.06 bits per heavy atom. The predicted octanol–water partition coefficient (Wildman–Crippen LogP) is 2.53. The average molecular weight is 241 g/mol. The van der Waals surface area contributed by atoms with Crippen LogP contribution in [0.5, 0.6) is 0 Å². The first-order valence-corrected chi connectivity index (χ1v) is 5.67.